The van der Waals surface area contributed by atoms with Gasteiger partial charge < -0.3 is 15.5 Å². The van der Waals surface area contributed by atoms with Gasteiger partial charge in [-0.25, -0.2) is 4.99 Å². The largest absolute Gasteiger partial charge is 0.391 e. The monoisotopic (exact) mass is 504 g/mol. The number of nitrogens with one attached hydrogen (secondary N) is 2. The molecule has 27 heavy (non-hydrogen) atoms. The molecule has 5 nitrogen and oxygen atoms in total. The van der Waals surface area contributed by atoms with Gasteiger partial charge in [0.05, 0.1) is 5.92 Å². The summed E-state index contributed by atoms with van der Waals surface area (Å²) >= 11 is 0. The van der Waals surface area contributed by atoms with Crippen LogP contribution in [-0.4, -0.2) is 55.7 Å². The van der Waals surface area contributed by atoms with Crippen LogP contribution in [0.15, 0.2) is 4.99 Å². The smallest absolute Gasteiger partial charge is 0.354 e. The van der Waals surface area contributed by atoms with Crippen LogP contribution in [0.4, 0.5) is 13.2 Å². The summed E-state index contributed by atoms with van der Waals surface area (Å²) in [6, 6.07) is 0.286. The first-order valence-electron chi connectivity index (χ1n) is 9.60. The number of likely N-dealkylation sites (N-methyl/N-ethyl adjacent to an activating group) is 1. The third-order valence-electron chi connectivity index (χ3n) is 5.35. The minimum Gasteiger partial charge on any atom is -0.354 e. The van der Waals surface area contributed by atoms with Crippen LogP contribution in [0, 0.1) is 5.92 Å². The van der Waals surface area contributed by atoms with Gasteiger partial charge in [-0.15, -0.1) is 24.0 Å². The molecule has 2 aliphatic rings. The molecule has 0 aromatic rings. The van der Waals surface area contributed by atoms with Crippen molar-refractivity contribution in [2.24, 2.45) is 10.9 Å². The predicted molar refractivity (Wildman–Crippen MR) is 111 cm³/mol. The Labute approximate surface area is 176 Å². The Morgan fingerprint density at radius 1 is 0.963 bits per heavy atom. The minimum absolute atomic E-state index is 0. The van der Waals surface area contributed by atoms with E-state index in [2.05, 4.69) is 15.6 Å². The fourth-order valence-electron chi connectivity index (χ4n) is 3.62. The van der Waals surface area contributed by atoms with E-state index < -0.39 is 12.1 Å². The van der Waals surface area contributed by atoms with Crippen molar-refractivity contribution in [3.63, 3.8) is 0 Å². The molecule has 0 heterocycles. The standard InChI is InChI=1S/C18H31F3N4O.HI/c1-25(2)16(26)12-22-17(23-14-6-4-3-5-7-14)24-15-10-8-13(9-11-15)18(19,20)21;/h13-15H,3-12H2,1-2H3,(H2,22,23,24);1H. The van der Waals surface area contributed by atoms with E-state index in [1.54, 1.807) is 14.1 Å². The van der Waals surface area contributed by atoms with E-state index in [-0.39, 0.29) is 55.3 Å². The first-order valence-corrected chi connectivity index (χ1v) is 9.60. The first kappa shape index (κ1) is 24.3. The van der Waals surface area contributed by atoms with Crippen molar-refractivity contribution in [2.45, 2.75) is 76.0 Å². The Hall–Kier alpha value is -0.740. The van der Waals surface area contributed by atoms with Crippen molar-refractivity contribution in [2.75, 3.05) is 20.6 Å². The lowest BCUT2D eigenvalue weighted by molar-refractivity contribution is -0.182. The number of nitrogens with zero attached hydrogens (tertiary/aromatic N) is 2. The Bertz CT molecular complexity index is 485. The third kappa shape index (κ3) is 8.43. The van der Waals surface area contributed by atoms with Crippen LogP contribution in [-0.2, 0) is 4.79 Å². The summed E-state index contributed by atoms with van der Waals surface area (Å²) in [7, 11) is 3.36. The van der Waals surface area contributed by atoms with Gasteiger partial charge in [0.15, 0.2) is 5.96 Å². The van der Waals surface area contributed by atoms with Crippen molar-refractivity contribution < 1.29 is 18.0 Å². The van der Waals surface area contributed by atoms with Crippen molar-refractivity contribution in [3.05, 3.63) is 0 Å². The quantitative estimate of drug-likeness (QED) is 0.349. The number of amides is 1. The molecule has 2 aliphatic carbocycles. The van der Waals surface area contributed by atoms with E-state index in [9.17, 15) is 18.0 Å². The molecule has 0 saturated heterocycles. The molecule has 1 amide bonds. The lowest BCUT2D eigenvalue weighted by atomic mass is 9.85. The van der Waals surface area contributed by atoms with Crippen molar-refractivity contribution in [3.8, 4) is 0 Å². The molecule has 0 unspecified atom stereocenters. The summed E-state index contributed by atoms with van der Waals surface area (Å²) in [5.74, 6) is -0.736. The highest BCUT2D eigenvalue weighted by Gasteiger charge is 2.41. The van der Waals surface area contributed by atoms with Crippen LogP contribution in [0.2, 0.25) is 0 Å². The van der Waals surface area contributed by atoms with E-state index in [1.165, 1.54) is 11.3 Å². The molecule has 0 aliphatic heterocycles. The summed E-state index contributed by atoms with van der Waals surface area (Å²) in [6.45, 7) is 0.0347. The zero-order chi connectivity index (χ0) is 19.2. The summed E-state index contributed by atoms with van der Waals surface area (Å²) < 4.78 is 38.5. The maximum atomic E-state index is 12.8. The molecule has 9 heteroatoms. The summed E-state index contributed by atoms with van der Waals surface area (Å²) in [4.78, 5) is 17.7. The molecule has 158 valence electrons. The van der Waals surface area contributed by atoms with Crippen molar-refractivity contribution in [1.82, 2.24) is 15.5 Å². The molecular formula is C18H32F3IN4O. The van der Waals surface area contributed by atoms with Crippen LogP contribution in [0.25, 0.3) is 0 Å². The van der Waals surface area contributed by atoms with Gasteiger partial charge in [0, 0.05) is 26.2 Å². The molecule has 2 rings (SSSR count). The fraction of sp³-hybridized carbons (Fsp3) is 0.889. The summed E-state index contributed by atoms with van der Waals surface area (Å²) in [5, 5.41) is 6.66. The minimum atomic E-state index is -4.10. The van der Waals surface area contributed by atoms with Gasteiger partial charge in [-0.3, -0.25) is 4.79 Å². The maximum absolute atomic E-state index is 12.8. The summed E-state index contributed by atoms with van der Waals surface area (Å²) in [5.41, 5.74) is 0. The normalized spacial score (nSPS) is 24.7. The van der Waals surface area contributed by atoms with Gasteiger partial charge >= 0.3 is 6.18 Å². The second-order valence-corrected chi connectivity index (χ2v) is 7.67. The zero-order valence-corrected chi connectivity index (χ0v) is 18.5. The van der Waals surface area contributed by atoms with Crippen LogP contribution < -0.4 is 10.6 Å². The second kappa shape index (κ2) is 11.3. The molecule has 0 atom stereocenters. The Balaban J connectivity index is 0.00000364. The number of aliphatic imine (C=N–C) groups is 1. The topological polar surface area (TPSA) is 56.7 Å². The Morgan fingerprint density at radius 2 is 1.48 bits per heavy atom. The molecule has 2 N–H and O–H groups in total. The third-order valence-corrected chi connectivity index (χ3v) is 5.35. The van der Waals surface area contributed by atoms with Crippen LogP contribution in [0.5, 0.6) is 0 Å². The van der Waals surface area contributed by atoms with E-state index in [1.807, 2.05) is 0 Å². The molecule has 0 bridgehead atoms. The highest BCUT2D eigenvalue weighted by molar-refractivity contribution is 14.0. The zero-order valence-electron chi connectivity index (χ0n) is 16.1. The van der Waals surface area contributed by atoms with Gasteiger partial charge in [-0.1, -0.05) is 19.3 Å². The summed E-state index contributed by atoms with van der Waals surface area (Å²) in [6.07, 6.45) is 2.82. The number of guanidine groups is 1. The number of hydrogen-bond donors (Lipinski definition) is 2. The number of carbonyl (C=O) groups is 1. The van der Waals surface area contributed by atoms with Crippen LogP contribution >= 0.6 is 24.0 Å². The molecule has 0 aromatic carbocycles. The van der Waals surface area contributed by atoms with E-state index in [0.29, 0.717) is 24.8 Å². The maximum Gasteiger partial charge on any atom is 0.391 e. The Morgan fingerprint density at radius 3 is 1.96 bits per heavy atom. The second-order valence-electron chi connectivity index (χ2n) is 7.67. The number of halogens is 4. The lowest BCUT2D eigenvalue weighted by Crippen LogP contribution is -2.49. The number of alkyl halides is 3. The highest BCUT2D eigenvalue weighted by atomic mass is 127. The first-order chi connectivity index (χ1) is 12.3. The number of carbonyl (C=O) groups excluding carboxylic acids is 1. The Kier molecular flexibility index (Phi) is 10.2. The molecule has 0 aromatic heterocycles. The average Bonchev–Trinajstić information content (AvgIpc) is 2.60. The SMILES string of the molecule is CN(C)C(=O)CN=C(NC1CCCCC1)NC1CCC(C(F)(F)F)CC1.I. The molecular weight excluding hydrogens is 472 g/mol. The average molecular weight is 504 g/mol. The van der Waals surface area contributed by atoms with E-state index >= 15 is 0 Å². The lowest BCUT2D eigenvalue weighted by Gasteiger charge is -2.32. The van der Waals surface area contributed by atoms with Gasteiger partial charge in [-0.2, -0.15) is 13.2 Å². The van der Waals surface area contributed by atoms with E-state index in [0.717, 1.165) is 25.7 Å². The van der Waals surface area contributed by atoms with Gasteiger partial charge in [0.25, 0.3) is 0 Å². The molecule has 0 radical (unpaired) electrons. The predicted octanol–water partition coefficient (Wildman–Crippen LogP) is 3.68. The van der Waals surface area contributed by atoms with Crippen LogP contribution in [0.1, 0.15) is 57.8 Å². The van der Waals surface area contributed by atoms with Crippen molar-refractivity contribution >= 4 is 35.8 Å². The molecule has 0 spiro atoms. The fourth-order valence-corrected chi connectivity index (χ4v) is 3.62. The van der Waals surface area contributed by atoms with Gasteiger partial charge in [0.2, 0.25) is 5.91 Å². The molecule has 2 fully saturated rings. The number of hydrogen-bond acceptors (Lipinski definition) is 2. The molecule has 2 saturated carbocycles. The number of rotatable bonds is 4. The highest BCUT2D eigenvalue weighted by Crippen LogP contribution is 2.37. The van der Waals surface area contributed by atoms with Gasteiger partial charge in [0.1, 0.15) is 6.54 Å². The van der Waals surface area contributed by atoms with Crippen molar-refractivity contribution in [1.29, 1.82) is 0 Å². The van der Waals surface area contributed by atoms with Crippen LogP contribution in [0.3, 0.4) is 0 Å². The van der Waals surface area contributed by atoms with E-state index in [4.69, 9.17) is 0 Å². The van der Waals surface area contributed by atoms with Gasteiger partial charge in [-0.05, 0) is 38.5 Å².